The first kappa shape index (κ1) is 17.9. The van der Waals surface area contributed by atoms with Crippen LogP contribution in [-0.2, 0) is 6.42 Å². The zero-order valence-corrected chi connectivity index (χ0v) is 15.8. The fourth-order valence-electron chi connectivity index (χ4n) is 3.39. The molecule has 0 bridgehead atoms. The maximum Gasteiger partial charge on any atom is 0.258 e. The number of amides is 1. The third kappa shape index (κ3) is 3.36. The van der Waals surface area contributed by atoms with E-state index in [1.54, 1.807) is 32.5 Å². The molecule has 0 spiro atoms. The number of hydrogen-bond acceptors (Lipinski definition) is 5. The molecule has 1 aliphatic rings. The lowest BCUT2D eigenvalue weighted by molar-refractivity contribution is 0.0989. The van der Waals surface area contributed by atoms with Gasteiger partial charge in [0.05, 0.1) is 19.9 Å². The summed E-state index contributed by atoms with van der Waals surface area (Å²) in [6, 6.07) is 17.0. The van der Waals surface area contributed by atoms with Gasteiger partial charge in [0.1, 0.15) is 17.3 Å². The van der Waals surface area contributed by atoms with Crippen LogP contribution in [0.4, 0.5) is 17.2 Å². The Morgan fingerprint density at radius 1 is 1.07 bits per heavy atom. The highest BCUT2D eigenvalue weighted by molar-refractivity contribution is 6.07. The molecule has 4 rings (SSSR count). The smallest absolute Gasteiger partial charge is 0.258 e. The second kappa shape index (κ2) is 7.60. The first-order valence-corrected chi connectivity index (χ1v) is 9.04. The van der Waals surface area contributed by atoms with Crippen molar-refractivity contribution in [1.29, 1.82) is 0 Å². The molecule has 0 aliphatic carbocycles. The number of pyridine rings is 1. The van der Waals surface area contributed by atoms with Gasteiger partial charge in [0.2, 0.25) is 0 Å². The molecular formula is C22H21N3O3. The molecule has 1 aliphatic heterocycles. The number of anilines is 3. The van der Waals surface area contributed by atoms with E-state index in [1.165, 1.54) is 5.56 Å². The van der Waals surface area contributed by atoms with Gasteiger partial charge < -0.3 is 19.7 Å². The van der Waals surface area contributed by atoms with Crippen LogP contribution >= 0.6 is 0 Å². The molecule has 1 aromatic heterocycles. The Hall–Kier alpha value is -3.54. The summed E-state index contributed by atoms with van der Waals surface area (Å²) >= 11 is 0. The number of carbonyl (C=O) groups is 1. The van der Waals surface area contributed by atoms with Gasteiger partial charge in [-0.2, -0.15) is 0 Å². The summed E-state index contributed by atoms with van der Waals surface area (Å²) in [5, 5.41) is 3.22. The summed E-state index contributed by atoms with van der Waals surface area (Å²) in [6.45, 7) is 0.687. The van der Waals surface area contributed by atoms with E-state index in [1.807, 2.05) is 41.3 Å². The maximum atomic E-state index is 13.1. The molecular weight excluding hydrogens is 354 g/mol. The third-order valence-corrected chi connectivity index (χ3v) is 4.81. The van der Waals surface area contributed by atoms with Crippen LogP contribution in [0.25, 0.3) is 0 Å². The van der Waals surface area contributed by atoms with Crippen LogP contribution < -0.4 is 19.7 Å². The predicted octanol–water partition coefficient (Wildman–Crippen LogP) is 4.05. The molecule has 0 radical (unpaired) electrons. The van der Waals surface area contributed by atoms with Crippen LogP contribution in [0.1, 0.15) is 15.9 Å². The number of hydrogen-bond donors (Lipinski definition) is 1. The van der Waals surface area contributed by atoms with Crippen LogP contribution in [0.5, 0.6) is 11.5 Å². The Morgan fingerprint density at radius 3 is 2.75 bits per heavy atom. The van der Waals surface area contributed by atoms with Gasteiger partial charge in [0, 0.05) is 30.1 Å². The number of methoxy groups -OCH3 is 2. The molecule has 3 aromatic rings. The second-order valence-electron chi connectivity index (χ2n) is 6.46. The molecule has 6 nitrogen and oxygen atoms in total. The van der Waals surface area contributed by atoms with Crippen molar-refractivity contribution in [2.24, 2.45) is 0 Å². The number of benzene rings is 2. The SMILES string of the molecule is COc1ccc(OC)c(Nc2cc(C(=O)N3CCc4ccccc43)ccn2)c1. The summed E-state index contributed by atoms with van der Waals surface area (Å²) < 4.78 is 10.7. The molecule has 1 N–H and O–H groups in total. The van der Waals surface area contributed by atoms with E-state index in [0.717, 1.165) is 12.1 Å². The van der Waals surface area contributed by atoms with Crippen LogP contribution in [0.2, 0.25) is 0 Å². The molecule has 6 heteroatoms. The number of fused-ring (bicyclic) bond motifs is 1. The van der Waals surface area contributed by atoms with Crippen LogP contribution in [-0.4, -0.2) is 31.7 Å². The maximum absolute atomic E-state index is 13.1. The van der Waals surface area contributed by atoms with E-state index in [2.05, 4.69) is 16.4 Å². The van der Waals surface area contributed by atoms with Crippen molar-refractivity contribution < 1.29 is 14.3 Å². The molecule has 28 heavy (non-hydrogen) atoms. The number of aromatic nitrogens is 1. The minimum absolute atomic E-state index is 0.0343. The molecule has 2 aromatic carbocycles. The first-order valence-electron chi connectivity index (χ1n) is 9.04. The van der Waals surface area contributed by atoms with Crippen LogP contribution in [0.3, 0.4) is 0 Å². The summed E-state index contributed by atoms with van der Waals surface area (Å²) in [6.07, 6.45) is 2.50. The third-order valence-electron chi connectivity index (χ3n) is 4.81. The van der Waals surface area contributed by atoms with Crippen molar-refractivity contribution in [3.63, 3.8) is 0 Å². The van der Waals surface area contributed by atoms with Crippen molar-refractivity contribution in [3.8, 4) is 11.5 Å². The largest absolute Gasteiger partial charge is 0.497 e. The lowest BCUT2D eigenvalue weighted by Gasteiger charge is -2.18. The van der Waals surface area contributed by atoms with E-state index in [9.17, 15) is 4.79 Å². The Bertz CT molecular complexity index is 1020. The first-order chi connectivity index (χ1) is 13.7. The Kier molecular flexibility index (Phi) is 4.85. The Morgan fingerprint density at radius 2 is 1.93 bits per heavy atom. The highest BCUT2D eigenvalue weighted by Gasteiger charge is 2.25. The molecule has 142 valence electrons. The van der Waals surface area contributed by atoms with Crippen molar-refractivity contribution in [2.45, 2.75) is 6.42 Å². The Labute approximate surface area is 163 Å². The number of carbonyl (C=O) groups excluding carboxylic acids is 1. The highest BCUT2D eigenvalue weighted by atomic mass is 16.5. The lowest BCUT2D eigenvalue weighted by Crippen LogP contribution is -2.28. The van der Waals surface area contributed by atoms with Gasteiger partial charge in [0.25, 0.3) is 5.91 Å². The molecule has 1 amide bonds. The zero-order valence-electron chi connectivity index (χ0n) is 15.8. The van der Waals surface area contributed by atoms with Crippen molar-refractivity contribution >= 4 is 23.1 Å². The number of ether oxygens (including phenoxy) is 2. The lowest BCUT2D eigenvalue weighted by atomic mass is 10.1. The molecule has 0 saturated heterocycles. The van der Waals surface area contributed by atoms with E-state index in [0.29, 0.717) is 35.1 Å². The van der Waals surface area contributed by atoms with Gasteiger partial charge in [0.15, 0.2) is 0 Å². The van der Waals surface area contributed by atoms with Crippen molar-refractivity contribution in [1.82, 2.24) is 4.98 Å². The summed E-state index contributed by atoms with van der Waals surface area (Å²) in [7, 11) is 3.21. The predicted molar refractivity (Wildman–Crippen MR) is 109 cm³/mol. The number of nitrogens with zero attached hydrogens (tertiary/aromatic N) is 2. The zero-order chi connectivity index (χ0) is 19.5. The average molecular weight is 375 g/mol. The number of nitrogens with one attached hydrogen (secondary N) is 1. The average Bonchev–Trinajstić information content (AvgIpc) is 3.17. The molecule has 0 saturated carbocycles. The molecule has 0 fully saturated rings. The highest BCUT2D eigenvalue weighted by Crippen LogP contribution is 2.32. The minimum atomic E-state index is -0.0343. The minimum Gasteiger partial charge on any atom is -0.497 e. The number of para-hydroxylation sites is 1. The normalized spacial score (nSPS) is 12.4. The quantitative estimate of drug-likeness (QED) is 0.729. The second-order valence-corrected chi connectivity index (χ2v) is 6.46. The van der Waals surface area contributed by atoms with E-state index in [-0.39, 0.29) is 5.91 Å². The van der Waals surface area contributed by atoms with Gasteiger partial charge >= 0.3 is 0 Å². The van der Waals surface area contributed by atoms with E-state index in [4.69, 9.17) is 9.47 Å². The van der Waals surface area contributed by atoms with Gasteiger partial charge in [-0.05, 0) is 42.3 Å². The molecule has 0 atom stereocenters. The summed E-state index contributed by atoms with van der Waals surface area (Å²) in [5.41, 5.74) is 3.47. The van der Waals surface area contributed by atoms with E-state index < -0.39 is 0 Å². The van der Waals surface area contributed by atoms with Crippen molar-refractivity contribution in [3.05, 3.63) is 71.9 Å². The monoisotopic (exact) mass is 375 g/mol. The van der Waals surface area contributed by atoms with E-state index >= 15 is 0 Å². The molecule has 2 heterocycles. The van der Waals surface area contributed by atoms with Gasteiger partial charge in [-0.1, -0.05) is 18.2 Å². The van der Waals surface area contributed by atoms with Gasteiger partial charge in [-0.25, -0.2) is 4.98 Å². The van der Waals surface area contributed by atoms with Crippen LogP contribution in [0, 0.1) is 0 Å². The fourth-order valence-corrected chi connectivity index (χ4v) is 3.39. The summed E-state index contributed by atoms with van der Waals surface area (Å²) in [5.74, 6) is 1.88. The van der Waals surface area contributed by atoms with Crippen molar-refractivity contribution in [2.75, 3.05) is 31.0 Å². The molecule has 0 unspecified atom stereocenters. The standard InChI is InChI=1S/C22H21N3O3/c1-27-17-7-8-20(28-2)18(14-17)24-21-13-16(9-11-23-21)22(26)25-12-10-15-5-3-4-6-19(15)25/h3-9,11,13-14H,10,12H2,1-2H3,(H,23,24). The van der Waals surface area contributed by atoms with Crippen LogP contribution in [0.15, 0.2) is 60.8 Å². The van der Waals surface area contributed by atoms with Gasteiger partial charge in [-0.3, -0.25) is 4.79 Å². The fraction of sp³-hybridized carbons (Fsp3) is 0.182. The van der Waals surface area contributed by atoms with Gasteiger partial charge in [-0.15, -0.1) is 0 Å². The summed E-state index contributed by atoms with van der Waals surface area (Å²) in [4.78, 5) is 19.2. The number of rotatable bonds is 5. The Balaban J connectivity index is 1.60. The topological polar surface area (TPSA) is 63.7 Å².